The fraction of sp³-hybridized carbons (Fsp3) is 0.562. The van der Waals surface area contributed by atoms with Crippen molar-refractivity contribution >= 4 is 18.3 Å². The van der Waals surface area contributed by atoms with Crippen LogP contribution >= 0.6 is 12.4 Å². The molecule has 126 valence electrons. The predicted molar refractivity (Wildman–Crippen MR) is 87.0 cm³/mol. The molecule has 0 heterocycles. The lowest BCUT2D eigenvalue weighted by Crippen LogP contribution is -2.34. The number of amides is 1. The maximum atomic E-state index is 13.5. The molecule has 0 aliphatic rings. The molecule has 0 bridgehead atoms. The number of carbonyl (C=O) groups excluding carboxylic acids is 1. The van der Waals surface area contributed by atoms with E-state index in [-0.39, 0.29) is 42.8 Å². The summed E-state index contributed by atoms with van der Waals surface area (Å²) in [5.41, 5.74) is 6.17. The fourth-order valence-corrected chi connectivity index (χ4v) is 1.97. The molecule has 1 amide bonds. The summed E-state index contributed by atoms with van der Waals surface area (Å²) in [6.07, 6.45) is 1.09. The van der Waals surface area contributed by atoms with Crippen molar-refractivity contribution in [3.8, 4) is 0 Å². The van der Waals surface area contributed by atoms with Gasteiger partial charge in [-0.1, -0.05) is 13.8 Å². The number of hydrogen-bond acceptors (Lipinski definition) is 2. The number of nitrogens with zero attached hydrogens (tertiary/aromatic N) is 1. The largest absolute Gasteiger partial charge is 0.346 e. The van der Waals surface area contributed by atoms with Gasteiger partial charge < -0.3 is 10.6 Å². The summed E-state index contributed by atoms with van der Waals surface area (Å²) in [6, 6.07) is 3.35. The summed E-state index contributed by atoms with van der Waals surface area (Å²) in [5.74, 6) is -0.687. The van der Waals surface area contributed by atoms with Gasteiger partial charge in [-0.3, -0.25) is 4.79 Å². The van der Waals surface area contributed by atoms with Gasteiger partial charge in [0.2, 0.25) is 5.91 Å². The minimum absolute atomic E-state index is 0. The van der Waals surface area contributed by atoms with Crippen LogP contribution in [0, 0.1) is 17.6 Å². The molecule has 0 saturated carbocycles. The molecule has 0 radical (unpaired) electrons. The highest BCUT2D eigenvalue weighted by Gasteiger charge is 2.14. The highest BCUT2D eigenvalue weighted by atomic mass is 35.5. The smallest absolute Gasteiger partial charge is 0.222 e. The molecule has 6 heteroatoms. The first-order valence-electron chi connectivity index (χ1n) is 7.24. The van der Waals surface area contributed by atoms with Crippen molar-refractivity contribution in [2.75, 3.05) is 13.6 Å². The Morgan fingerprint density at radius 1 is 1.32 bits per heavy atom. The lowest BCUT2D eigenvalue weighted by atomic mass is 10.0. The minimum Gasteiger partial charge on any atom is -0.346 e. The number of carbonyl (C=O) groups is 1. The molecule has 1 unspecified atom stereocenters. The fourth-order valence-electron chi connectivity index (χ4n) is 1.97. The van der Waals surface area contributed by atoms with E-state index >= 15 is 0 Å². The second-order valence-electron chi connectivity index (χ2n) is 5.75. The zero-order valence-electron chi connectivity index (χ0n) is 13.3. The molecule has 0 saturated heterocycles. The molecule has 1 rings (SSSR count). The monoisotopic (exact) mass is 334 g/mol. The Bertz CT molecular complexity index is 483. The summed E-state index contributed by atoms with van der Waals surface area (Å²) in [6.45, 7) is 4.66. The van der Waals surface area contributed by atoms with Crippen molar-refractivity contribution in [1.29, 1.82) is 0 Å². The van der Waals surface area contributed by atoms with E-state index in [1.165, 1.54) is 0 Å². The zero-order valence-corrected chi connectivity index (χ0v) is 14.1. The number of halogens is 3. The summed E-state index contributed by atoms with van der Waals surface area (Å²) < 4.78 is 26.5. The molecular formula is C16H25ClF2N2O. The first kappa shape index (κ1) is 20.8. The van der Waals surface area contributed by atoms with E-state index in [1.807, 2.05) is 13.8 Å². The van der Waals surface area contributed by atoms with Crippen molar-refractivity contribution in [3.05, 3.63) is 35.4 Å². The second-order valence-corrected chi connectivity index (χ2v) is 5.75. The van der Waals surface area contributed by atoms with Crippen LogP contribution in [-0.2, 0) is 11.2 Å². The van der Waals surface area contributed by atoms with Crippen molar-refractivity contribution in [3.63, 3.8) is 0 Å². The molecule has 1 aromatic rings. The Kier molecular flexibility index (Phi) is 9.21. The Labute approximate surface area is 137 Å². The molecule has 0 aliphatic carbocycles. The van der Waals surface area contributed by atoms with E-state index in [9.17, 15) is 13.6 Å². The van der Waals surface area contributed by atoms with E-state index in [4.69, 9.17) is 5.73 Å². The van der Waals surface area contributed by atoms with Gasteiger partial charge in [0.25, 0.3) is 0 Å². The predicted octanol–water partition coefficient (Wildman–Crippen LogP) is 3.15. The van der Waals surface area contributed by atoms with Crippen LogP contribution in [0.4, 0.5) is 8.78 Å². The quantitative estimate of drug-likeness (QED) is 0.832. The van der Waals surface area contributed by atoms with Gasteiger partial charge in [-0.05, 0) is 42.5 Å². The van der Waals surface area contributed by atoms with E-state index < -0.39 is 11.6 Å². The lowest BCUT2D eigenvalue weighted by Gasteiger charge is -2.21. The Morgan fingerprint density at radius 2 is 1.95 bits per heavy atom. The zero-order chi connectivity index (χ0) is 16.0. The van der Waals surface area contributed by atoms with E-state index in [0.29, 0.717) is 12.5 Å². The lowest BCUT2D eigenvalue weighted by molar-refractivity contribution is -0.130. The molecule has 0 aromatic heterocycles. The van der Waals surface area contributed by atoms with Crippen LogP contribution in [-0.4, -0.2) is 30.4 Å². The van der Waals surface area contributed by atoms with Gasteiger partial charge >= 0.3 is 0 Å². The maximum Gasteiger partial charge on any atom is 0.222 e. The van der Waals surface area contributed by atoms with Crippen LogP contribution in [0.1, 0.15) is 32.3 Å². The van der Waals surface area contributed by atoms with Crippen molar-refractivity contribution in [2.45, 2.75) is 39.2 Å². The van der Waals surface area contributed by atoms with E-state index in [0.717, 1.165) is 24.6 Å². The van der Waals surface area contributed by atoms with Gasteiger partial charge in [0.15, 0.2) is 0 Å². The topological polar surface area (TPSA) is 46.3 Å². The number of aryl methyl sites for hydroxylation is 1. The van der Waals surface area contributed by atoms with Gasteiger partial charge in [-0.2, -0.15) is 0 Å². The summed E-state index contributed by atoms with van der Waals surface area (Å²) in [7, 11) is 1.71. The first-order chi connectivity index (χ1) is 9.81. The summed E-state index contributed by atoms with van der Waals surface area (Å²) in [4.78, 5) is 13.6. The standard InChI is InChI=1S/C16H24F2N2O.ClH/c1-11(2)15(19)8-9-20(3)16(21)7-4-12-10-13(17)5-6-14(12)18;/h5-6,10-11,15H,4,7-9,19H2,1-3H3;1H. The highest BCUT2D eigenvalue weighted by molar-refractivity contribution is 5.85. The van der Waals surface area contributed by atoms with Crippen LogP contribution in [0.2, 0.25) is 0 Å². The van der Waals surface area contributed by atoms with Crippen molar-refractivity contribution < 1.29 is 13.6 Å². The molecule has 22 heavy (non-hydrogen) atoms. The normalized spacial score (nSPS) is 12.0. The molecule has 3 nitrogen and oxygen atoms in total. The van der Waals surface area contributed by atoms with Gasteiger partial charge in [0, 0.05) is 26.1 Å². The van der Waals surface area contributed by atoms with Gasteiger partial charge in [0.05, 0.1) is 0 Å². The Balaban J connectivity index is 0.00000441. The molecular weight excluding hydrogens is 310 g/mol. The van der Waals surface area contributed by atoms with Gasteiger partial charge in [-0.25, -0.2) is 8.78 Å². The van der Waals surface area contributed by atoms with E-state index in [1.54, 1.807) is 11.9 Å². The third-order valence-electron chi connectivity index (χ3n) is 3.70. The number of rotatable bonds is 7. The van der Waals surface area contributed by atoms with Crippen molar-refractivity contribution in [1.82, 2.24) is 4.90 Å². The summed E-state index contributed by atoms with van der Waals surface area (Å²) in [5, 5.41) is 0. The van der Waals surface area contributed by atoms with Crippen molar-refractivity contribution in [2.24, 2.45) is 11.7 Å². The van der Waals surface area contributed by atoms with Gasteiger partial charge in [0.1, 0.15) is 11.6 Å². The first-order valence-corrected chi connectivity index (χ1v) is 7.24. The van der Waals surface area contributed by atoms with Crippen LogP contribution in [0.25, 0.3) is 0 Å². The Morgan fingerprint density at radius 3 is 2.55 bits per heavy atom. The van der Waals surface area contributed by atoms with Crippen LogP contribution in [0.5, 0.6) is 0 Å². The average molecular weight is 335 g/mol. The SMILES string of the molecule is CC(C)C(N)CCN(C)C(=O)CCc1cc(F)ccc1F.Cl. The molecule has 1 atom stereocenters. The molecule has 0 fully saturated rings. The van der Waals surface area contributed by atoms with Crippen LogP contribution in [0.3, 0.4) is 0 Å². The molecule has 2 N–H and O–H groups in total. The summed E-state index contributed by atoms with van der Waals surface area (Å²) >= 11 is 0. The van der Waals surface area contributed by atoms with Crippen LogP contribution in [0.15, 0.2) is 18.2 Å². The minimum atomic E-state index is -0.491. The molecule has 0 spiro atoms. The van der Waals surface area contributed by atoms with Crippen LogP contribution < -0.4 is 5.73 Å². The van der Waals surface area contributed by atoms with E-state index in [2.05, 4.69) is 0 Å². The highest BCUT2D eigenvalue weighted by Crippen LogP contribution is 2.12. The third-order valence-corrected chi connectivity index (χ3v) is 3.70. The second kappa shape index (κ2) is 9.74. The van der Waals surface area contributed by atoms with Gasteiger partial charge in [-0.15, -0.1) is 12.4 Å². The number of benzene rings is 1. The molecule has 0 aliphatic heterocycles. The molecule has 1 aromatic carbocycles. The maximum absolute atomic E-state index is 13.5. The number of hydrogen-bond donors (Lipinski definition) is 1. The average Bonchev–Trinajstić information content (AvgIpc) is 2.44. The Hall–Kier alpha value is -1.20. The number of nitrogens with two attached hydrogens (primary N) is 1. The third kappa shape index (κ3) is 6.71.